The van der Waals surface area contributed by atoms with Gasteiger partial charge < -0.3 is 0 Å². The van der Waals surface area contributed by atoms with Crippen LogP contribution < -0.4 is 0 Å². The van der Waals surface area contributed by atoms with Crippen molar-refractivity contribution < 1.29 is 0 Å². The Hall–Kier alpha value is 0. The summed E-state index contributed by atoms with van der Waals surface area (Å²) >= 11 is 0. The molecule has 11 heavy (non-hydrogen) atoms. The Morgan fingerprint density at radius 1 is 1.09 bits per heavy atom. The van der Waals surface area contributed by atoms with Crippen LogP contribution in [0.15, 0.2) is 0 Å². The van der Waals surface area contributed by atoms with Gasteiger partial charge in [-0.2, -0.15) is 0 Å². The largest absolute Gasteiger partial charge is 0.0625 e. The van der Waals surface area contributed by atoms with Crippen LogP contribution in [0.1, 0.15) is 46.5 Å². The van der Waals surface area contributed by atoms with Gasteiger partial charge in [-0.05, 0) is 48.9 Å². The molecule has 64 valence electrons. The van der Waals surface area contributed by atoms with Crippen LogP contribution in [0.2, 0.25) is 0 Å². The fourth-order valence-electron chi connectivity index (χ4n) is 3.64. The first-order valence-corrected chi connectivity index (χ1v) is 5.10. The first kappa shape index (κ1) is 7.64. The summed E-state index contributed by atoms with van der Waals surface area (Å²) in [5, 5.41) is 0. The predicted molar refractivity (Wildman–Crippen MR) is 48.4 cm³/mol. The summed E-state index contributed by atoms with van der Waals surface area (Å²) in [6.45, 7) is 7.40. The summed E-state index contributed by atoms with van der Waals surface area (Å²) in [5.41, 5.74) is 0.725. The zero-order valence-corrected chi connectivity index (χ0v) is 8.06. The molecule has 0 heteroatoms. The van der Waals surface area contributed by atoms with E-state index in [2.05, 4.69) is 20.8 Å². The first-order valence-electron chi connectivity index (χ1n) is 5.10. The molecule has 0 aromatic carbocycles. The van der Waals surface area contributed by atoms with Gasteiger partial charge in [0.05, 0.1) is 0 Å². The van der Waals surface area contributed by atoms with Crippen LogP contribution >= 0.6 is 0 Å². The summed E-state index contributed by atoms with van der Waals surface area (Å²) in [5.74, 6) is 3.08. The van der Waals surface area contributed by atoms with Crippen molar-refractivity contribution in [1.29, 1.82) is 0 Å². The van der Waals surface area contributed by atoms with E-state index in [4.69, 9.17) is 0 Å². The van der Waals surface area contributed by atoms with Gasteiger partial charge in [-0.3, -0.25) is 0 Å². The lowest BCUT2D eigenvalue weighted by Crippen LogP contribution is -2.25. The minimum absolute atomic E-state index is 0.725. The number of hydrogen-bond donors (Lipinski definition) is 0. The highest BCUT2D eigenvalue weighted by Crippen LogP contribution is 2.56. The number of hydrogen-bond acceptors (Lipinski definition) is 0. The zero-order valence-electron chi connectivity index (χ0n) is 8.06. The average molecular weight is 152 g/mol. The minimum Gasteiger partial charge on any atom is -0.0625 e. The van der Waals surface area contributed by atoms with Crippen molar-refractivity contribution in [2.24, 2.45) is 23.2 Å². The van der Waals surface area contributed by atoms with E-state index in [-0.39, 0.29) is 0 Å². The van der Waals surface area contributed by atoms with Gasteiger partial charge in [0.25, 0.3) is 0 Å². The summed E-state index contributed by atoms with van der Waals surface area (Å²) < 4.78 is 0. The van der Waals surface area contributed by atoms with Crippen LogP contribution in [-0.4, -0.2) is 0 Å². The van der Waals surface area contributed by atoms with Crippen molar-refractivity contribution in [1.82, 2.24) is 0 Å². The van der Waals surface area contributed by atoms with E-state index in [1.807, 2.05) is 0 Å². The van der Waals surface area contributed by atoms with E-state index in [0.29, 0.717) is 0 Å². The van der Waals surface area contributed by atoms with Gasteiger partial charge in [0.2, 0.25) is 0 Å². The lowest BCUT2D eigenvalue weighted by atomic mass is 9.70. The first-order chi connectivity index (χ1) is 5.10. The summed E-state index contributed by atoms with van der Waals surface area (Å²) in [7, 11) is 0. The van der Waals surface area contributed by atoms with Crippen molar-refractivity contribution in [3.05, 3.63) is 0 Å². The molecule has 2 saturated carbocycles. The van der Waals surface area contributed by atoms with Gasteiger partial charge >= 0.3 is 0 Å². The second-order valence-electron chi connectivity index (χ2n) is 5.41. The summed E-state index contributed by atoms with van der Waals surface area (Å²) in [6, 6.07) is 0. The van der Waals surface area contributed by atoms with Crippen LogP contribution in [0.3, 0.4) is 0 Å². The van der Waals surface area contributed by atoms with E-state index >= 15 is 0 Å². The van der Waals surface area contributed by atoms with E-state index in [1.54, 1.807) is 0 Å². The molecule has 0 saturated heterocycles. The van der Waals surface area contributed by atoms with Crippen molar-refractivity contribution in [2.75, 3.05) is 0 Å². The highest BCUT2D eigenvalue weighted by molar-refractivity contribution is 4.96. The van der Waals surface area contributed by atoms with Crippen molar-refractivity contribution >= 4 is 0 Å². The third-order valence-electron chi connectivity index (χ3n) is 4.18. The number of fused-ring (bicyclic) bond motifs is 2. The van der Waals surface area contributed by atoms with Crippen LogP contribution in [0.5, 0.6) is 0 Å². The zero-order chi connectivity index (χ0) is 8.06. The average Bonchev–Trinajstić information content (AvgIpc) is 2.02. The molecular weight excluding hydrogens is 132 g/mol. The highest BCUT2D eigenvalue weighted by Gasteiger charge is 2.45. The topological polar surface area (TPSA) is 0 Å². The molecule has 4 atom stereocenters. The van der Waals surface area contributed by atoms with Gasteiger partial charge in [-0.25, -0.2) is 0 Å². The molecule has 0 aromatic rings. The van der Waals surface area contributed by atoms with E-state index in [0.717, 1.165) is 23.2 Å². The van der Waals surface area contributed by atoms with Gasteiger partial charge in [0, 0.05) is 0 Å². The van der Waals surface area contributed by atoms with Crippen molar-refractivity contribution in [3.8, 4) is 0 Å². The van der Waals surface area contributed by atoms with Crippen molar-refractivity contribution in [2.45, 2.75) is 46.5 Å². The molecule has 2 aliphatic rings. The molecule has 0 spiro atoms. The maximum absolute atomic E-state index is 2.51. The van der Waals surface area contributed by atoms with Crippen LogP contribution in [0.25, 0.3) is 0 Å². The minimum atomic E-state index is 0.725. The molecule has 2 bridgehead atoms. The quantitative estimate of drug-likeness (QED) is 0.498. The van der Waals surface area contributed by atoms with Crippen molar-refractivity contribution in [3.63, 3.8) is 0 Å². The van der Waals surface area contributed by atoms with Gasteiger partial charge in [0.15, 0.2) is 0 Å². The standard InChI is InChI=1S/C11H20/c1-8-4-10-5-9(2)11(3,6-8)7-10/h8-10H,4-7H2,1-3H3. The normalized spacial score (nSPS) is 56.5. The lowest BCUT2D eigenvalue weighted by Gasteiger charge is -2.35. The van der Waals surface area contributed by atoms with Gasteiger partial charge in [0.1, 0.15) is 0 Å². The fraction of sp³-hybridized carbons (Fsp3) is 1.00. The Bertz CT molecular complexity index is 161. The van der Waals surface area contributed by atoms with Crippen LogP contribution in [0.4, 0.5) is 0 Å². The van der Waals surface area contributed by atoms with E-state index < -0.39 is 0 Å². The van der Waals surface area contributed by atoms with Gasteiger partial charge in [-0.1, -0.05) is 20.8 Å². The predicted octanol–water partition coefficient (Wildman–Crippen LogP) is 3.47. The third kappa shape index (κ3) is 1.11. The summed E-state index contributed by atoms with van der Waals surface area (Å²) in [4.78, 5) is 0. The Labute approximate surface area is 70.4 Å². The molecule has 2 fully saturated rings. The Morgan fingerprint density at radius 3 is 2.45 bits per heavy atom. The Morgan fingerprint density at radius 2 is 1.82 bits per heavy atom. The molecule has 0 heterocycles. The second kappa shape index (κ2) is 2.24. The van der Waals surface area contributed by atoms with E-state index in [9.17, 15) is 0 Å². The highest BCUT2D eigenvalue weighted by atomic mass is 14.5. The van der Waals surface area contributed by atoms with Crippen LogP contribution in [-0.2, 0) is 0 Å². The maximum Gasteiger partial charge on any atom is -0.0295 e. The molecule has 0 amide bonds. The molecule has 0 aromatic heterocycles. The molecular formula is C11H20. The Kier molecular flexibility index (Phi) is 1.56. The molecule has 0 nitrogen and oxygen atoms in total. The lowest BCUT2D eigenvalue weighted by molar-refractivity contribution is 0.150. The molecule has 0 N–H and O–H groups in total. The monoisotopic (exact) mass is 152 g/mol. The molecule has 0 radical (unpaired) electrons. The van der Waals surface area contributed by atoms with Crippen LogP contribution in [0, 0.1) is 23.2 Å². The molecule has 0 aliphatic heterocycles. The smallest absolute Gasteiger partial charge is 0.0295 e. The second-order valence-corrected chi connectivity index (χ2v) is 5.41. The Balaban J connectivity index is 2.18. The maximum atomic E-state index is 2.51. The fourth-order valence-corrected chi connectivity index (χ4v) is 3.64. The summed E-state index contributed by atoms with van der Waals surface area (Å²) in [6.07, 6.45) is 6.05. The van der Waals surface area contributed by atoms with E-state index in [1.165, 1.54) is 25.7 Å². The molecule has 4 unspecified atom stereocenters. The SMILES string of the molecule is CC1CC2CC(C)C(C)(C1)C2. The third-order valence-corrected chi connectivity index (χ3v) is 4.18. The molecule has 2 aliphatic carbocycles. The molecule has 2 rings (SSSR count). The van der Waals surface area contributed by atoms with Gasteiger partial charge in [-0.15, -0.1) is 0 Å². The number of rotatable bonds is 0.